The second-order valence-electron chi connectivity index (χ2n) is 9.20. The van der Waals surface area contributed by atoms with Crippen molar-refractivity contribution in [3.8, 4) is 0 Å². The third-order valence-electron chi connectivity index (χ3n) is 6.55. The number of benzene rings is 1. The molecule has 35 heavy (non-hydrogen) atoms. The summed E-state index contributed by atoms with van der Waals surface area (Å²) in [6.07, 6.45) is 12.9. The van der Waals surface area contributed by atoms with E-state index in [0.717, 1.165) is 61.6 Å². The van der Waals surface area contributed by atoms with Crippen molar-refractivity contribution < 1.29 is 0 Å². The Morgan fingerprint density at radius 2 is 2.09 bits per heavy atom. The van der Waals surface area contributed by atoms with Crippen LogP contribution in [0.4, 0.5) is 0 Å². The molecule has 1 aromatic carbocycles. The molecule has 3 atom stereocenters. The second kappa shape index (κ2) is 13.5. The molecule has 0 amide bonds. The van der Waals surface area contributed by atoms with Crippen LogP contribution in [-0.4, -0.2) is 45.3 Å². The number of fused-ring (bicyclic) bond motifs is 1. The highest BCUT2D eigenvalue weighted by Gasteiger charge is 2.42. The summed E-state index contributed by atoms with van der Waals surface area (Å²) in [5.41, 5.74) is 19.0. The minimum absolute atomic E-state index is 0.119. The zero-order valence-corrected chi connectivity index (χ0v) is 21.8. The smallest absolute Gasteiger partial charge is 0.0857 e. The lowest BCUT2D eigenvalue weighted by molar-refractivity contribution is 0.470. The average molecular weight is 497 g/mol. The van der Waals surface area contributed by atoms with E-state index in [9.17, 15) is 0 Å². The molecule has 0 heterocycles. The first-order chi connectivity index (χ1) is 17.0. The normalized spacial score (nSPS) is 19.3. The van der Waals surface area contributed by atoms with E-state index >= 15 is 0 Å². The van der Waals surface area contributed by atoms with Crippen LogP contribution in [0.25, 0.3) is 6.08 Å². The quantitative estimate of drug-likeness (QED) is 0.223. The molecule has 3 rings (SSSR count). The number of allylic oxidation sites excluding steroid dienone is 2. The minimum Gasteiger partial charge on any atom is -0.403 e. The maximum Gasteiger partial charge on any atom is 0.0857 e. The summed E-state index contributed by atoms with van der Waals surface area (Å²) in [5, 5.41) is 14.4. The molecule has 0 spiro atoms. The second-order valence-corrected chi connectivity index (χ2v) is 9.65. The number of aryl methyl sites for hydroxylation is 1. The van der Waals surface area contributed by atoms with E-state index in [0.29, 0.717) is 0 Å². The summed E-state index contributed by atoms with van der Waals surface area (Å²) < 4.78 is 0. The van der Waals surface area contributed by atoms with Gasteiger partial charge in [0.05, 0.1) is 17.8 Å². The number of hydrogen-bond acceptors (Lipinski definition) is 6. The number of nitrogens with two attached hydrogens (primary N) is 2. The molecule has 0 aromatic heterocycles. The Balaban J connectivity index is 1.57. The van der Waals surface area contributed by atoms with Crippen molar-refractivity contribution in [1.29, 1.82) is 0 Å². The summed E-state index contributed by atoms with van der Waals surface area (Å²) in [6, 6.07) is 8.63. The van der Waals surface area contributed by atoms with E-state index in [1.807, 2.05) is 14.1 Å². The molecular formula is C28H41ClN6. The van der Waals surface area contributed by atoms with Crippen LogP contribution in [0.15, 0.2) is 76.8 Å². The van der Waals surface area contributed by atoms with Crippen LogP contribution in [0.2, 0.25) is 0 Å². The van der Waals surface area contributed by atoms with E-state index in [4.69, 9.17) is 23.1 Å². The molecule has 6 nitrogen and oxygen atoms in total. The average Bonchev–Trinajstić information content (AvgIpc) is 3.58. The van der Waals surface area contributed by atoms with E-state index in [1.54, 1.807) is 6.20 Å². The molecule has 1 aromatic rings. The maximum atomic E-state index is 6.56. The molecule has 3 unspecified atom stereocenters. The molecule has 0 bridgehead atoms. The number of rotatable bonds is 15. The summed E-state index contributed by atoms with van der Waals surface area (Å²) in [4.78, 5) is 0. The van der Waals surface area contributed by atoms with E-state index in [-0.39, 0.29) is 12.1 Å². The van der Waals surface area contributed by atoms with Crippen molar-refractivity contribution in [1.82, 2.24) is 21.3 Å². The summed E-state index contributed by atoms with van der Waals surface area (Å²) >= 11 is 6.39. The number of halogens is 1. The van der Waals surface area contributed by atoms with Gasteiger partial charge in [0.1, 0.15) is 0 Å². The Morgan fingerprint density at radius 3 is 2.80 bits per heavy atom. The van der Waals surface area contributed by atoms with Gasteiger partial charge in [0.15, 0.2) is 0 Å². The molecule has 0 radical (unpaired) electrons. The van der Waals surface area contributed by atoms with Crippen molar-refractivity contribution in [2.75, 3.05) is 27.2 Å². The monoisotopic (exact) mass is 496 g/mol. The SMILES string of the molecule is C=C(NC(CCNC)CCc1cccc(/C=C/CNC)c1)C(N)/C(=C\N)NC1C2=CCCC(Cl)=C21. The standard InChI is InChI=1S/C28H41ClN6/c1-19(27(31)25(18-30)35-28-23-10-5-11-24(29)26(23)28)34-22(14-16-33-3)13-12-21-8-4-7-20(17-21)9-6-15-32-2/h4,6-10,17-18,22,27-28,32-35H,1,5,11-16,30-31H2,2-3H3/b9-6+,25-18+. The Labute approximate surface area is 215 Å². The number of nitrogens with one attached hydrogen (secondary N) is 4. The fourth-order valence-corrected chi connectivity index (χ4v) is 4.81. The minimum atomic E-state index is -0.430. The van der Waals surface area contributed by atoms with Gasteiger partial charge in [-0.3, -0.25) is 0 Å². The first-order valence-corrected chi connectivity index (χ1v) is 12.9. The molecule has 0 aliphatic heterocycles. The zero-order chi connectivity index (χ0) is 25.2. The van der Waals surface area contributed by atoms with Crippen molar-refractivity contribution >= 4 is 17.7 Å². The Kier molecular flexibility index (Phi) is 10.5. The fraction of sp³-hybridized carbons (Fsp3) is 0.429. The van der Waals surface area contributed by atoms with Crippen LogP contribution < -0.4 is 32.7 Å². The predicted molar refractivity (Wildman–Crippen MR) is 150 cm³/mol. The lowest BCUT2D eigenvalue weighted by Crippen LogP contribution is -2.43. The first kappa shape index (κ1) is 27.1. The molecule has 190 valence electrons. The van der Waals surface area contributed by atoms with Gasteiger partial charge in [-0.05, 0) is 75.0 Å². The molecule has 2 aliphatic carbocycles. The van der Waals surface area contributed by atoms with Crippen molar-refractivity contribution in [3.63, 3.8) is 0 Å². The van der Waals surface area contributed by atoms with Crippen LogP contribution in [0.1, 0.15) is 36.8 Å². The molecule has 0 saturated heterocycles. The van der Waals surface area contributed by atoms with Crippen molar-refractivity contribution in [2.45, 2.75) is 50.2 Å². The third-order valence-corrected chi connectivity index (χ3v) is 6.94. The predicted octanol–water partition coefficient (Wildman–Crippen LogP) is 3.25. The molecule has 1 fully saturated rings. The van der Waals surface area contributed by atoms with E-state index in [2.05, 4.69) is 70.3 Å². The lowest BCUT2D eigenvalue weighted by Gasteiger charge is -2.26. The van der Waals surface area contributed by atoms with Gasteiger partial charge in [0.25, 0.3) is 0 Å². The van der Waals surface area contributed by atoms with Crippen LogP contribution >= 0.6 is 11.6 Å². The number of hydrogen-bond donors (Lipinski definition) is 6. The van der Waals surface area contributed by atoms with Crippen LogP contribution in [-0.2, 0) is 6.42 Å². The molecule has 1 saturated carbocycles. The number of likely N-dealkylation sites (N-methyl/N-ethyl adjacent to an activating group) is 1. The van der Waals surface area contributed by atoms with Gasteiger partial charge in [-0.15, -0.1) is 0 Å². The van der Waals surface area contributed by atoms with E-state index < -0.39 is 6.04 Å². The van der Waals surface area contributed by atoms with Gasteiger partial charge in [0.2, 0.25) is 0 Å². The van der Waals surface area contributed by atoms with Crippen LogP contribution in [0, 0.1) is 0 Å². The maximum absolute atomic E-state index is 6.56. The molecule has 7 heteroatoms. The van der Waals surface area contributed by atoms with Gasteiger partial charge < -0.3 is 32.7 Å². The Morgan fingerprint density at radius 1 is 1.26 bits per heavy atom. The Hall–Kier alpha value is -2.51. The van der Waals surface area contributed by atoms with Gasteiger partial charge in [-0.25, -0.2) is 0 Å². The highest BCUT2D eigenvalue weighted by molar-refractivity contribution is 6.31. The highest BCUT2D eigenvalue weighted by Crippen LogP contribution is 2.46. The van der Waals surface area contributed by atoms with Crippen molar-refractivity contribution in [2.24, 2.45) is 11.5 Å². The molecular weight excluding hydrogens is 456 g/mol. The van der Waals surface area contributed by atoms with Gasteiger partial charge >= 0.3 is 0 Å². The largest absolute Gasteiger partial charge is 0.403 e. The van der Waals surface area contributed by atoms with Crippen LogP contribution in [0.5, 0.6) is 0 Å². The summed E-state index contributed by atoms with van der Waals surface area (Å²) in [7, 11) is 3.92. The zero-order valence-electron chi connectivity index (χ0n) is 21.0. The lowest BCUT2D eigenvalue weighted by atomic mass is 10.00. The Bertz CT molecular complexity index is 993. The molecule has 8 N–H and O–H groups in total. The summed E-state index contributed by atoms with van der Waals surface area (Å²) in [6.45, 7) is 6.03. The van der Waals surface area contributed by atoms with Gasteiger partial charge in [-0.2, -0.15) is 0 Å². The van der Waals surface area contributed by atoms with Crippen LogP contribution in [0.3, 0.4) is 0 Å². The summed E-state index contributed by atoms with van der Waals surface area (Å²) in [5.74, 6) is 0. The first-order valence-electron chi connectivity index (χ1n) is 12.5. The third kappa shape index (κ3) is 7.74. The topological polar surface area (TPSA) is 100 Å². The van der Waals surface area contributed by atoms with Gasteiger partial charge in [0, 0.05) is 29.5 Å². The van der Waals surface area contributed by atoms with Crippen molar-refractivity contribution in [3.05, 3.63) is 87.9 Å². The molecule has 2 aliphatic rings. The van der Waals surface area contributed by atoms with Gasteiger partial charge in [-0.1, -0.05) is 60.7 Å². The fourth-order valence-electron chi connectivity index (χ4n) is 4.48. The highest BCUT2D eigenvalue weighted by atomic mass is 35.5. The van der Waals surface area contributed by atoms with E-state index in [1.165, 1.54) is 22.3 Å².